The fourth-order valence-electron chi connectivity index (χ4n) is 1.74. The number of hydrogen-bond donors (Lipinski definition) is 0. The van der Waals surface area contributed by atoms with Gasteiger partial charge in [-0.15, -0.1) is 0 Å². The second-order valence-corrected chi connectivity index (χ2v) is 3.98. The molecule has 0 N–H and O–H groups in total. The van der Waals surface area contributed by atoms with Gasteiger partial charge < -0.3 is 0 Å². The Bertz CT molecular complexity index is 553. The van der Waals surface area contributed by atoms with Crippen molar-refractivity contribution in [3.05, 3.63) is 60.2 Å². The third-order valence-corrected chi connectivity index (χ3v) is 2.72. The molecule has 0 radical (unpaired) electrons. The number of halogens is 2. The molecule has 18 heavy (non-hydrogen) atoms. The molecule has 0 aliphatic rings. The summed E-state index contributed by atoms with van der Waals surface area (Å²) in [5.41, 5.74) is 1.74. The molecule has 0 saturated carbocycles. The van der Waals surface area contributed by atoms with Crippen molar-refractivity contribution in [2.24, 2.45) is 0 Å². The van der Waals surface area contributed by atoms with Crippen LogP contribution in [0, 0.1) is 11.3 Å². The Hall–Kier alpha value is -2.21. The van der Waals surface area contributed by atoms with E-state index in [9.17, 15) is 8.78 Å². The lowest BCUT2D eigenvalue weighted by Crippen LogP contribution is -2.11. The molecule has 0 saturated heterocycles. The average molecular weight is 243 g/mol. The molecule has 0 bridgehead atoms. The molecule has 2 rings (SSSR count). The second-order valence-electron chi connectivity index (χ2n) is 3.98. The van der Waals surface area contributed by atoms with Crippen LogP contribution in [-0.2, 0) is 5.92 Å². The Balaban J connectivity index is 2.29. The first-order valence-electron chi connectivity index (χ1n) is 5.54. The molecule has 0 unspecified atom stereocenters. The van der Waals surface area contributed by atoms with Crippen LogP contribution in [0.2, 0.25) is 0 Å². The van der Waals surface area contributed by atoms with Gasteiger partial charge in [0.15, 0.2) is 0 Å². The number of alkyl halides is 2. The molecule has 0 aliphatic carbocycles. The highest BCUT2D eigenvalue weighted by molar-refractivity contribution is 5.63. The second kappa shape index (κ2) is 4.97. The van der Waals surface area contributed by atoms with E-state index in [1.165, 1.54) is 18.2 Å². The number of benzene rings is 2. The summed E-state index contributed by atoms with van der Waals surface area (Å²) < 4.78 is 26.9. The Morgan fingerprint density at radius 2 is 1.44 bits per heavy atom. The molecule has 0 spiro atoms. The van der Waals surface area contributed by atoms with E-state index in [-0.39, 0.29) is 5.56 Å². The van der Waals surface area contributed by atoms with E-state index in [0.717, 1.165) is 11.1 Å². The van der Waals surface area contributed by atoms with Crippen LogP contribution in [0.3, 0.4) is 0 Å². The van der Waals surface area contributed by atoms with E-state index < -0.39 is 12.3 Å². The molecule has 0 aliphatic heterocycles. The maximum absolute atomic E-state index is 13.5. The highest BCUT2D eigenvalue weighted by Gasteiger charge is 2.30. The smallest absolute Gasteiger partial charge is 0.200 e. The van der Waals surface area contributed by atoms with Gasteiger partial charge in [0.05, 0.1) is 6.07 Å². The first-order chi connectivity index (χ1) is 8.63. The van der Waals surface area contributed by atoms with Crippen LogP contribution >= 0.6 is 0 Å². The van der Waals surface area contributed by atoms with E-state index in [0.29, 0.717) is 0 Å². The molecular weight excluding hydrogens is 232 g/mol. The van der Waals surface area contributed by atoms with Crippen LogP contribution in [0.5, 0.6) is 0 Å². The zero-order valence-corrected chi connectivity index (χ0v) is 9.61. The van der Waals surface area contributed by atoms with Crippen molar-refractivity contribution in [1.29, 1.82) is 5.26 Å². The van der Waals surface area contributed by atoms with Gasteiger partial charge in [-0.1, -0.05) is 54.6 Å². The minimum atomic E-state index is -3.08. The molecule has 0 heterocycles. The van der Waals surface area contributed by atoms with Gasteiger partial charge in [0.25, 0.3) is 5.92 Å². The van der Waals surface area contributed by atoms with Crippen LogP contribution in [-0.4, -0.2) is 0 Å². The average Bonchev–Trinajstić information content (AvgIpc) is 2.40. The maximum Gasteiger partial charge on any atom is 0.286 e. The Morgan fingerprint density at radius 3 is 2.00 bits per heavy atom. The predicted octanol–water partition coefficient (Wildman–Crippen LogP) is 4.36. The number of hydrogen-bond acceptors (Lipinski definition) is 1. The molecule has 1 nitrogen and oxygen atoms in total. The van der Waals surface area contributed by atoms with E-state index in [1.807, 2.05) is 30.3 Å². The van der Waals surface area contributed by atoms with Gasteiger partial charge in [-0.2, -0.15) is 5.26 Å². The number of nitriles is 1. The molecule has 90 valence electrons. The summed E-state index contributed by atoms with van der Waals surface area (Å²) in [4.78, 5) is 0. The van der Waals surface area contributed by atoms with E-state index in [2.05, 4.69) is 0 Å². The molecule has 2 aromatic carbocycles. The summed E-state index contributed by atoms with van der Waals surface area (Å²) in [5.74, 6) is -3.08. The molecule has 3 heteroatoms. The van der Waals surface area contributed by atoms with E-state index in [1.54, 1.807) is 12.1 Å². The highest BCUT2D eigenvalue weighted by Crippen LogP contribution is 2.32. The summed E-state index contributed by atoms with van der Waals surface area (Å²) in [7, 11) is 0. The van der Waals surface area contributed by atoms with Gasteiger partial charge in [-0.3, -0.25) is 0 Å². The number of rotatable bonds is 3. The topological polar surface area (TPSA) is 23.8 Å². The monoisotopic (exact) mass is 243 g/mol. The zero-order chi connectivity index (χ0) is 13.0. The van der Waals surface area contributed by atoms with Crippen molar-refractivity contribution in [1.82, 2.24) is 0 Å². The van der Waals surface area contributed by atoms with Crippen molar-refractivity contribution >= 4 is 0 Å². The van der Waals surface area contributed by atoms with E-state index in [4.69, 9.17) is 5.26 Å². The van der Waals surface area contributed by atoms with Crippen molar-refractivity contribution < 1.29 is 8.78 Å². The number of nitrogens with zero attached hydrogens (tertiary/aromatic N) is 1. The first kappa shape index (κ1) is 12.3. The SMILES string of the molecule is N#CCC(F)(F)c1ccc(-c2ccccc2)cc1. The fourth-order valence-corrected chi connectivity index (χ4v) is 1.74. The summed E-state index contributed by atoms with van der Waals surface area (Å²) in [6.07, 6.45) is -0.794. The third-order valence-electron chi connectivity index (χ3n) is 2.72. The lowest BCUT2D eigenvalue weighted by atomic mass is 10.0. The molecule has 0 atom stereocenters. The van der Waals surface area contributed by atoms with Gasteiger partial charge >= 0.3 is 0 Å². The van der Waals surface area contributed by atoms with Gasteiger partial charge in [0.2, 0.25) is 0 Å². The Kier molecular flexibility index (Phi) is 3.38. The fraction of sp³-hybridized carbons (Fsp3) is 0.133. The van der Waals surface area contributed by atoms with Gasteiger partial charge in [-0.05, 0) is 11.1 Å². The minimum Gasteiger partial charge on any atom is -0.200 e. The largest absolute Gasteiger partial charge is 0.286 e. The summed E-state index contributed by atoms with van der Waals surface area (Å²) in [5, 5.41) is 8.37. The molecule has 0 fully saturated rings. The van der Waals surface area contributed by atoms with Gasteiger partial charge in [0, 0.05) is 5.56 Å². The first-order valence-corrected chi connectivity index (χ1v) is 5.54. The quantitative estimate of drug-likeness (QED) is 0.785. The van der Waals surface area contributed by atoms with Crippen LogP contribution in [0.1, 0.15) is 12.0 Å². The molecule has 0 aromatic heterocycles. The molecule has 0 amide bonds. The minimum absolute atomic E-state index is 0.122. The van der Waals surface area contributed by atoms with Crippen molar-refractivity contribution in [2.75, 3.05) is 0 Å². The lowest BCUT2D eigenvalue weighted by molar-refractivity contribution is 0.000963. The third kappa shape index (κ3) is 2.54. The van der Waals surface area contributed by atoms with Crippen LogP contribution in [0.15, 0.2) is 54.6 Å². The maximum atomic E-state index is 13.5. The van der Waals surface area contributed by atoms with Crippen molar-refractivity contribution in [3.63, 3.8) is 0 Å². The Labute approximate surface area is 104 Å². The van der Waals surface area contributed by atoms with Gasteiger partial charge in [-0.25, -0.2) is 8.78 Å². The summed E-state index contributed by atoms with van der Waals surface area (Å²) >= 11 is 0. The van der Waals surface area contributed by atoms with Crippen LogP contribution in [0.4, 0.5) is 8.78 Å². The summed E-state index contributed by atoms with van der Waals surface area (Å²) in [6.45, 7) is 0. The lowest BCUT2D eigenvalue weighted by Gasteiger charge is -2.13. The van der Waals surface area contributed by atoms with E-state index >= 15 is 0 Å². The summed E-state index contributed by atoms with van der Waals surface area (Å²) in [6, 6.07) is 17.1. The standard InChI is InChI=1S/C15H11F2N/c16-15(17,10-11-18)14-8-6-13(7-9-14)12-4-2-1-3-5-12/h1-9H,10H2. The highest BCUT2D eigenvalue weighted by atomic mass is 19.3. The van der Waals surface area contributed by atoms with Crippen LogP contribution in [0.25, 0.3) is 11.1 Å². The molecular formula is C15H11F2N. The predicted molar refractivity (Wildman–Crippen MR) is 66.0 cm³/mol. The van der Waals surface area contributed by atoms with Crippen molar-refractivity contribution in [3.8, 4) is 17.2 Å². The molecule has 2 aromatic rings. The van der Waals surface area contributed by atoms with Crippen molar-refractivity contribution in [2.45, 2.75) is 12.3 Å². The Morgan fingerprint density at radius 1 is 0.889 bits per heavy atom. The normalized spacial score (nSPS) is 10.9. The zero-order valence-electron chi connectivity index (χ0n) is 9.61. The van der Waals surface area contributed by atoms with Gasteiger partial charge in [0.1, 0.15) is 6.42 Å². The van der Waals surface area contributed by atoms with Crippen LogP contribution < -0.4 is 0 Å².